The van der Waals surface area contributed by atoms with Gasteiger partial charge in [-0.05, 0) is 36.4 Å². The van der Waals surface area contributed by atoms with Gasteiger partial charge in [0.25, 0.3) is 0 Å². The summed E-state index contributed by atoms with van der Waals surface area (Å²) >= 11 is 0. The summed E-state index contributed by atoms with van der Waals surface area (Å²) in [6.07, 6.45) is 2.27. The molecule has 1 aromatic carbocycles. The zero-order valence-corrected chi connectivity index (χ0v) is 10.1. The summed E-state index contributed by atoms with van der Waals surface area (Å²) in [5, 5.41) is 4.38. The summed E-state index contributed by atoms with van der Waals surface area (Å²) in [5.41, 5.74) is 9.03. The molecule has 0 atom stereocenters. The standard InChI is InChI=1S/C12H11N5O2/c13-17-14-7-2-1-4-8-5-3-6-9-10(8)16-12(19)11(18)15-9/h3,5-6H,1-2,4,7H2. The molecular weight excluding hydrogens is 246 g/mol. The third kappa shape index (κ3) is 3.02. The van der Waals surface area contributed by atoms with Gasteiger partial charge in [0.2, 0.25) is 0 Å². The van der Waals surface area contributed by atoms with Gasteiger partial charge in [0.15, 0.2) is 0 Å². The zero-order chi connectivity index (χ0) is 13.7. The SMILES string of the molecule is [N-]=[N+]=NCCCCc1cccc2c1=NC(=O)C(=O)N=2. The van der Waals surface area contributed by atoms with Gasteiger partial charge in [-0.25, -0.2) is 9.98 Å². The first-order chi connectivity index (χ1) is 9.22. The van der Waals surface area contributed by atoms with E-state index in [9.17, 15) is 9.59 Å². The Hall–Kier alpha value is -2.53. The van der Waals surface area contributed by atoms with Crippen molar-refractivity contribution in [3.05, 3.63) is 44.9 Å². The van der Waals surface area contributed by atoms with Crippen molar-refractivity contribution in [2.75, 3.05) is 6.54 Å². The fourth-order valence-electron chi connectivity index (χ4n) is 1.85. The van der Waals surface area contributed by atoms with E-state index in [1.54, 1.807) is 12.1 Å². The van der Waals surface area contributed by atoms with E-state index in [0.29, 0.717) is 23.7 Å². The quantitative estimate of drug-likeness (QED) is 0.253. The van der Waals surface area contributed by atoms with Gasteiger partial charge in [-0.3, -0.25) is 9.59 Å². The molecular formula is C12H11N5O2. The molecule has 1 aliphatic heterocycles. The Kier molecular flexibility index (Phi) is 4.00. The van der Waals surface area contributed by atoms with Crippen molar-refractivity contribution in [3.8, 4) is 0 Å². The molecule has 0 aliphatic carbocycles. The molecule has 7 nitrogen and oxygen atoms in total. The van der Waals surface area contributed by atoms with E-state index in [1.807, 2.05) is 6.07 Å². The summed E-state index contributed by atoms with van der Waals surface area (Å²) in [4.78, 5) is 32.6. The Morgan fingerprint density at radius 3 is 2.74 bits per heavy atom. The molecule has 96 valence electrons. The van der Waals surface area contributed by atoms with Gasteiger partial charge < -0.3 is 0 Å². The number of para-hydroxylation sites is 1. The fraction of sp³-hybridized carbons (Fsp3) is 0.333. The number of carbonyl (C=O) groups is 2. The van der Waals surface area contributed by atoms with Crippen LogP contribution in [0.4, 0.5) is 0 Å². The van der Waals surface area contributed by atoms with E-state index in [4.69, 9.17) is 5.53 Å². The van der Waals surface area contributed by atoms with Gasteiger partial charge in [0.1, 0.15) is 0 Å². The number of aryl methyl sites for hydroxylation is 1. The topological polar surface area (TPSA) is 108 Å². The second kappa shape index (κ2) is 5.88. The largest absolute Gasteiger partial charge is 0.338 e. The number of amides is 2. The van der Waals surface area contributed by atoms with Crippen LogP contribution in [0.15, 0.2) is 33.3 Å². The van der Waals surface area contributed by atoms with Crippen molar-refractivity contribution in [3.63, 3.8) is 0 Å². The Balaban J connectivity index is 2.20. The summed E-state index contributed by atoms with van der Waals surface area (Å²) in [5.74, 6) is -1.65. The number of hydrogen-bond donors (Lipinski definition) is 0. The molecule has 0 aromatic heterocycles. The number of azide groups is 1. The Morgan fingerprint density at radius 1 is 1.16 bits per heavy atom. The molecule has 19 heavy (non-hydrogen) atoms. The fourth-order valence-corrected chi connectivity index (χ4v) is 1.85. The number of benzene rings is 1. The highest BCUT2D eigenvalue weighted by Gasteiger charge is 2.16. The lowest BCUT2D eigenvalue weighted by molar-refractivity contribution is -0.135. The van der Waals surface area contributed by atoms with Crippen molar-refractivity contribution in [1.29, 1.82) is 0 Å². The molecule has 0 unspecified atom stereocenters. The van der Waals surface area contributed by atoms with E-state index in [2.05, 4.69) is 20.0 Å². The molecule has 0 saturated carbocycles. The number of hydrogen-bond acceptors (Lipinski definition) is 3. The van der Waals surface area contributed by atoms with Crippen molar-refractivity contribution in [2.45, 2.75) is 19.3 Å². The van der Waals surface area contributed by atoms with Crippen molar-refractivity contribution >= 4 is 11.8 Å². The van der Waals surface area contributed by atoms with Crippen LogP contribution in [0.2, 0.25) is 0 Å². The van der Waals surface area contributed by atoms with Crippen LogP contribution in [0.1, 0.15) is 18.4 Å². The first-order valence-corrected chi connectivity index (χ1v) is 5.87. The molecule has 0 N–H and O–H groups in total. The van der Waals surface area contributed by atoms with Gasteiger partial charge in [-0.1, -0.05) is 17.2 Å². The Bertz CT molecular complexity index is 689. The molecule has 7 heteroatoms. The number of unbranched alkanes of at least 4 members (excludes halogenated alkanes) is 1. The van der Waals surface area contributed by atoms with Crippen LogP contribution in [0, 0.1) is 0 Å². The van der Waals surface area contributed by atoms with E-state index in [0.717, 1.165) is 18.4 Å². The molecule has 1 aliphatic rings. The summed E-state index contributed by atoms with van der Waals surface area (Å²) in [6.45, 7) is 0.449. The lowest BCUT2D eigenvalue weighted by atomic mass is 10.1. The maximum atomic E-state index is 11.3. The van der Waals surface area contributed by atoms with Gasteiger partial charge in [-0.2, -0.15) is 0 Å². The Labute approximate surface area is 108 Å². The molecule has 0 saturated heterocycles. The van der Waals surface area contributed by atoms with Crippen LogP contribution in [-0.4, -0.2) is 18.4 Å². The summed E-state index contributed by atoms with van der Waals surface area (Å²) < 4.78 is 0. The zero-order valence-electron chi connectivity index (χ0n) is 10.1. The first kappa shape index (κ1) is 12.9. The molecule has 0 radical (unpaired) electrons. The third-order valence-electron chi connectivity index (χ3n) is 2.73. The van der Waals surface area contributed by atoms with E-state index in [-0.39, 0.29) is 0 Å². The van der Waals surface area contributed by atoms with E-state index < -0.39 is 11.8 Å². The lowest BCUT2D eigenvalue weighted by Gasteiger charge is -2.04. The summed E-state index contributed by atoms with van der Waals surface area (Å²) in [7, 11) is 0. The summed E-state index contributed by atoms with van der Waals surface area (Å²) in [6, 6.07) is 5.30. The van der Waals surface area contributed by atoms with Crippen LogP contribution in [0.3, 0.4) is 0 Å². The predicted octanol–water partition coefficient (Wildman–Crippen LogP) is 0.626. The minimum absolute atomic E-state index is 0.442. The second-order valence-electron chi connectivity index (χ2n) is 4.03. The highest BCUT2D eigenvalue weighted by atomic mass is 16.2. The van der Waals surface area contributed by atoms with Crippen molar-refractivity contribution in [1.82, 2.24) is 0 Å². The van der Waals surface area contributed by atoms with Crippen LogP contribution in [0.5, 0.6) is 0 Å². The maximum absolute atomic E-state index is 11.3. The second-order valence-corrected chi connectivity index (χ2v) is 4.03. The van der Waals surface area contributed by atoms with Crippen molar-refractivity contribution < 1.29 is 9.59 Å². The monoisotopic (exact) mass is 257 g/mol. The highest BCUT2D eigenvalue weighted by molar-refractivity contribution is 6.36. The minimum atomic E-state index is -0.826. The molecule has 1 heterocycles. The number of fused-ring (bicyclic) bond motifs is 1. The van der Waals surface area contributed by atoms with Crippen LogP contribution >= 0.6 is 0 Å². The number of nitrogens with zero attached hydrogens (tertiary/aromatic N) is 5. The van der Waals surface area contributed by atoms with E-state index >= 15 is 0 Å². The van der Waals surface area contributed by atoms with Gasteiger partial charge >= 0.3 is 11.8 Å². The molecule has 0 spiro atoms. The molecule has 0 fully saturated rings. The van der Waals surface area contributed by atoms with E-state index in [1.165, 1.54) is 0 Å². The maximum Gasteiger partial charge on any atom is 0.338 e. The smallest absolute Gasteiger partial charge is 0.261 e. The van der Waals surface area contributed by atoms with Gasteiger partial charge in [-0.15, -0.1) is 0 Å². The van der Waals surface area contributed by atoms with Crippen LogP contribution in [0.25, 0.3) is 10.4 Å². The molecule has 2 rings (SSSR count). The molecule has 1 aromatic rings. The Morgan fingerprint density at radius 2 is 1.95 bits per heavy atom. The number of carbonyl (C=O) groups excluding carboxylic acids is 2. The normalized spacial score (nSPS) is 13.1. The predicted molar refractivity (Wildman–Crippen MR) is 65.7 cm³/mol. The highest BCUT2D eigenvalue weighted by Crippen LogP contribution is 2.00. The van der Waals surface area contributed by atoms with Crippen molar-refractivity contribution in [2.24, 2.45) is 15.1 Å². The van der Waals surface area contributed by atoms with Gasteiger partial charge in [0, 0.05) is 11.5 Å². The van der Waals surface area contributed by atoms with Crippen LogP contribution in [-0.2, 0) is 16.0 Å². The average Bonchev–Trinajstić information content (AvgIpc) is 2.40. The minimum Gasteiger partial charge on any atom is -0.261 e. The lowest BCUT2D eigenvalue weighted by Crippen LogP contribution is -2.36. The third-order valence-corrected chi connectivity index (χ3v) is 2.73. The van der Waals surface area contributed by atoms with Crippen LogP contribution < -0.4 is 10.7 Å². The number of rotatable bonds is 5. The van der Waals surface area contributed by atoms with Gasteiger partial charge in [0.05, 0.1) is 10.7 Å². The first-order valence-electron chi connectivity index (χ1n) is 5.87. The molecule has 2 amide bonds. The molecule has 0 bridgehead atoms. The average molecular weight is 257 g/mol.